The molecule has 1 rings (SSSR count). The molecule has 1 aromatic carbocycles. The molecule has 1 atom stereocenters. The van der Waals surface area contributed by atoms with E-state index in [9.17, 15) is 9.59 Å². The molecule has 0 aliphatic carbocycles. The largest absolute Gasteiger partial charge is 0.350 e. The zero-order chi connectivity index (χ0) is 17.6. The lowest BCUT2D eigenvalue weighted by molar-refractivity contribution is -0.141. The fourth-order valence-corrected chi connectivity index (χ4v) is 2.33. The van der Waals surface area contributed by atoms with Crippen LogP contribution < -0.4 is 5.32 Å². The number of carbonyl (C=O) groups excluding carboxylic acids is 2. The van der Waals surface area contributed by atoms with Gasteiger partial charge in [-0.1, -0.05) is 30.7 Å². The minimum Gasteiger partial charge on any atom is -0.350 e. The molecule has 0 aliphatic heterocycles. The molecular weight excluding hydrogens is 312 g/mol. The molecule has 0 aromatic heterocycles. The summed E-state index contributed by atoms with van der Waals surface area (Å²) in [7, 11) is 0. The molecule has 0 aliphatic rings. The molecule has 128 valence electrons. The number of halogens is 1. The van der Waals surface area contributed by atoms with Gasteiger partial charge in [-0.3, -0.25) is 9.59 Å². The summed E-state index contributed by atoms with van der Waals surface area (Å²) in [5, 5.41) is 3.59. The number of benzene rings is 1. The summed E-state index contributed by atoms with van der Waals surface area (Å²) in [5.41, 5.74) is 0.625. The van der Waals surface area contributed by atoms with Crippen molar-refractivity contribution >= 4 is 23.4 Å². The van der Waals surface area contributed by atoms with Gasteiger partial charge in [0.15, 0.2) is 0 Å². The van der Waals surface area contributed by atoms with E-state index in [0.29, 0.717) is 18.0 Å². The first-order chi connectivity index (χ1) is 10.6. The van der Waals surface area contributed by atoms with Crippen molar-refractivity contribution in [2.24, 2.45) is 0 Å². The van der Waals surface area contributed by atoms with Crippen LogP contribution in [-0.2, 0) is 16.1 Å². The molecule has 0 radical (unpaired) electrons. The van der Waals surface area contributed by atoms with Crippen molar-refractivity contribution in [3.8, 4) is 0 Å². The van der Waals surface area contributed by atoms with E-state index in [1.807, 2.05) is 39.8 Å². The van der Waals surface area contributed by atoms with Gasteiger partial charge in [-0.15, -0.1) is 0 Å². The van der Waals surface area contributed by atoms with Crippen LogP contribution in [-0.4, -0.2) is 28.3 Å². The first kappa shape index (κ1) is 19.5. The van der Waals surface area contributed by atoms with Gasteiger partial charge in [-0.2, -0.15) is 0 Å². The molecule has 0 saturated heterocycles. The van der Waals surface area contributed by atoms with Crippen molar-refractivity contribution in [1.82, 2.24) is 10.2 Å². The second-order valence-electron chi connectivity index (χ2n) is 6.81. The van der Waals surface area contributed by atoms with Crippen LogP contribution in [0.1, 0.15) is 53.0 Å². The van der Waals surface area contributed by atoms with E-state index in [4.69, 9.17) is 11.6 Å². The van der Waals surface area contributed by atoms with Gasteiger partial charge in [0.05, 0.1) is 0 Å². The fourth-order valence-electron chi connectivity index (χ4n) is 2.20. The van der Waals surface area contributed by atoms with Crippen LogP contribution in [0.5, 0.6) is 0 Å². The predicted octanol–water partition coefficient (Wildman–Crippen LogP) is 3.77. The van der Waals surface area contributed by atoms with Crippen LogP contribution in [0.25, 0.3) is 0 Å². The van der Waals surface area contributed by atoms with Crippen LogP contribution in [0.2, 0.25) is 5.02 Å². The quantitative estimate of drug-likeness (QED) is 0.858. The molecule has 1 N–H and O–H groups in total. The number of amides is 2. The summed E-state index contributed by atoms with van der Waals surface area (Å²) in [5.74, 6) is -0.157. The highest BCUT2D eigenvalue weighted by Gasteiger charge is 2.27. The van der Waals surface area contributed by atoms with Gasteiger partial charge in [-0.05, 0) is 51.8 Å². The summed E-state index contributed by atoms with van der Waals surface area (Å²) < 4.78 is 0. The Morgan fingerprint density at radius 3 is 2.26 bits per heavy atom. The standard InChI is InChI=1S/C18H27ClN2O2/c1-6-7-16(22)21(12-14-8-10-15(19)11-9-14)13(2)17(23)20-18(3,4)5/h8-11,13H,6-7,12H2,1-5H3,(H,20,23)/t13-/m0/s1. The van der Waals surface area contributed by atoms with Gasteiger partial charge in [0, 0.05) is 23.5 Å². The molecule has 4 nitrogen and oxygen atoms in total. The molecule has 5 heteroatoms. The summed E-state index contributed by atoms with van der Waals surface area (Å²) in [6, 6.07) is 6.81. The monoisotopic (exact) mass is 338 g/mol. The van der Waals surface area contributed by atoms with Crippen molar-refractivity contribution in [3.63, 3.8) is 0 Å². The second-order valence-corrected chi connectivity index (χ2v) is 7.25. The average molecular weight is 339 g/mol. The Balaban J connectivity index is 2.93. The molecule has 0 fully saturated rings. The zero-order valence-electron chi connectivity index (χ0n) is 14.6. The van der Waals surface area contributed by atoms with Gasteiger partial charge < -0.3 is 10.2 Å². The topological polar surface area (TPSA) is 49.4 Å². The Morgan fingerprint density at radius 1 is 1.22 bits per heavy atom. The Labute approximate surface area is 144 Å². The molecule has 1 aromatic rings. The number of carbonyl (C=O) groups is 2. The minimum absolute atomic E-state index is 0.0148. The minimum atomic E-state index is -0.524. The van der Waals surface area contributed by atoms with Gasteiger partial charge >= 0.3 is 0 Å². The third kappa shape index (κ3) is 6.61. The van der Waals surface area contributed by atoms with Gasteiger partial charge in [0.2, 0.25) is 11.8 Å². The van der Waals surface area contributed by atoms with E-state index in [-0.39, 0.29) is 17.4 Å². The maximum Gasteiger partial charge on any atom is 0.242 e. The molecule has 0 spiro atoms. The first-order valence-electron chi connectivity index (χ1n) is 8.00. The van der Waals surface area contributed by atoms with Crippen LogP contribution in [0.3, 0.4) is 0 Å². The SMILES string of the molecule is CCCC(=O)N(Cc1ccc(Cl)cc1)[C@@H](C)C(=O)NC(C)(C)C. The van der Waals surface area contributed by atoms with Crippen molar-refractivity contribution in [2.75, 3.05) is 0 Å². The summed E-state index contributed by atoms with van der Waals surface area (Å²) >= 11 is 5.90. The van der Waals surface area contributed by atoms with E-state index >= 15 is 0 Å². The Morgan fingerprint density at radius 2 is 1.78 bits per heavy atom. The zero-order valence-corrected chi connectivity index (χ0v) is 15.4. The average Bonchev–Trinajstić information content (AvgIpc) is 2.44. The maximum absolute atomic E-state index is 12.4. The van der Waals surface area contributed by atoms with E-state index in [0.717, 1.165) is 12.0 Å². The molecule has 0 saturated carbocycles. The summed E-state index contributed by atoms with van der Waals surface area (Å²) in [4.78, 5) is 26.5. The number of nitrogens with one attached hydrogen (secondary N) is 1. The second kappa shape index (κ2) is 8.34. The fraction of sp³-hybridized carbons (Fsp3) is 0.556. The third-order valence-corrected chi connectivity index (χ3v) is 3.65. The van der Waals surface area contributed by atoms with Crippen molar-refractivity contribution in [1.29, 1.82) is 0 Å². The van der Waals surface area contributed by atoms with Gasteiger partial charge in [0.1, 0.15) is 6.04 Å². The molecule has 0 bridgehead atoms. The Hall–Kier alpha value is -1.55. The van der Waals surface area contributed by atoms with Crippen LogP contribution in [0, 0.1) is 0 Å². The van der Waals surface area contributed by atoms with Crippen LogP contribution >= 0.6 is 11.6 Å². The highest BCUT2D eigenvalue weighted by atomic mass is 35.5. The van der Waals surface area contributed by atoms with Crippen molar-refractivity contribution in [3.05, 3.63) is 34.9 Å². The number of rotatable bonds is 6. The highest BCUT2D eigenvalue weighted by Crippen LogP contribution is 2.15. The van der Waals surface area contributed by atoms with E-state index in [2.05, 4.69) is 5.32 Å². The lowest BCUT2D eigenvalue weighted by Gasteiger charge is -2.31. The van der Waals surface area contributed by atoms with Crippen LogP contribution in [0.4, 0.5) is 0 Å². The van der Waals surface area contributed by atoms with Crippen molar-refractivity contribution in [2.45, 2.75) is 65.6 Å². The molecule has 23 heavy (non-hydrogen) atoms. The molecule has 0 heterocycles. The maximum atomic E-state index is 12.4. The predicted molar refractivity (Wildman–Crippen MR) is 94.3 cm³/mol. The Kier molecular flexibility index (Phi) is 7.07. The van der Waals surface area contributed by atoms with E-state index in [1.165, 1.54) is 0 Å². The normalized spacial score (nSPS) is 12.6. The molecule has 0 unspecified atom stereocenters. The summed E-state index contributed by atoms with van der Waals surface area (Å²) in [6.45, 7) is 9.90. The van der Waals surface area contributed by atoms with E-state index < -0.39 is 6.04 Å². The Bertz CT molecular complexity index is 535. The lowest BCUT2D eigenvalue weighted by Crippen LogP contribution is -2.52. The number of hydrogen-bond acceptors (Lipinski definition) is 2. The van der Waals surface area contributed by atoms with Gasteiger partial charge in [0.25, 0.3) is 0 Å². The third-order valence-electron chi connectivity index (χ3n) is 3.40. The first-order valence-corrected chi connectivity index (χ1v) is 8.37. The van der Waals surface area contributed by atoms with E-state index in [1.54, 1.807) is 24.0 Å². The van der Waals surface area contributed by atoms with Gasteiger partial charge in [-0.25, -0.2) is 0 Å². The number of nitrogens with zero attached hydrogens (tertiary/aromatic N) is 1. The van der Waals surface area contributed by atoms with Crippen molar-refractivity contribution < 1.29 is 9.59 Å². The molecular formula is C18H27ClN2O2. The number of hydrogen-bond donors (Lipinski definition) is 1. The lowest BCUT2D eigenvalue weighted by atomic mass is 10.1. The molecule has 2 amide bonds. The smallest absolute Gasteiger partial charge is 0.242 e. The van der Waals surface area contributed by atoms with Crippen LogP contribution in [0.15, 0.2) is 24.3 Å². The highest BCUT2D eigenvalue weighted by molar-refractivity contribution is 6.30. The summed E-state index contributed by atoms with van der Waals surface area (Å²) in [6.07, 6.45) is 1.18.